The topological polar surface area (TPSA) is 51.0 Å². The number of hydrogen-bond donors (Lipinski definition) is 1. The van der Waals surface area contributed by atoms with Crippen molar-refractivity contribution < 1.29 is 4.52 Å². The zero-order valence-electron chi connectivity index (χ0n) is 11.6. The van der Waals surface area contributed by atoms with Gasteiger partial charge in [-0.1, -0.05) is 50.2 Å². The molecule has 0 fully saturated rings. The Hall–Kier alpha value is -1.68. The highest BCUT2D eigenvalue weighted by atomic mass is 16.5. The molecule has 100 valence electrons. The van der Waals surface area contributed by atoms with E-state index in [0.717, 1.165) is 18.8 Å². The monoisotopic (exact) mass is 257 g/mol. The zero-order chi connectivity index (χ0) is 13.5. The summed E-state index contributed by atoms with van der Waals surface area (Å²) in [4.78, 5) is 4.54. The summed E-state index contributed by atoms with van der Waals surface area (Å²) in [5, 5.41) is 7.55. The van der Waals surface area contributed by atoms with Crippen LogP contribution in [0.3, 0.4) is 0 Å². The maximum absolute atomic E-state index is 5.42. The molecule has 1 aromatic carbocycles. The van der Waals surface area contributed by atoms with E-state index in [0.29, 0.717) is 5.89 Å². The highest BCUT2D eigenvalue weighted by Crippen LogP contribution is 2.26. The van der Waals surface area contributed by atoms with Crippen LogP contribution >= 0.6 is 0 Å². The molecule has 0 saturated heterocycles. The molecule has 0 saturated carbocycles. The number of nitrogens with zero attached hydrogens (tertiary/aromatic N) is 2. The molecular formula is C15H19N3O. The highest BCUT2D eigenvalue weighted by Gasteiger charge is 2.27. The molecule has 0 unspecified atom stereocenters. The van der Waals surface area contributed by atoms with Crippen molar-refractivity contribution in [2.45, 2.75) is 45.2 Å². The van der Waals surface area contributed by atoms with Crippen molar-refractivity contribution in [2.75, 3.05) is 0 Å². The van der Waals surface area contributed by atoms with Gasteiger partial charge in [0.15, 0.2) is 5.82 Å². The molecule has 2 aromatic rings. The molecule has 1 atom stereocenters. The van der Waals surface area contributed by atoms with Crippen molar-refractivity contribution >= 4 is 0 Å². The molecule has 4 heteroatoms. The zero-order valence-corrected chi connectivity index (χ0v) is 11.6. The molecule has 0 aliphatic carbocycles. The number of hydrogen-bond acceptors (Lipinski definition) is 4. The lowest BCUT2D eigenvalue weighted by molar-refractivity contribution is 0.315. The standard InChI is InChI=1S/C15H19N3O/c1-15(2,3)14-17-13(19-18-14)12-8-10-6-4-5-7-11(10)9-16-12/h4-7,12,16H,8-9H2,1-3H3/t12-/m1/s1. The van der Waals surface area contributed by atoms with Gasteiger partial charge in [0.1, 0.15) is 0 Å². The third-order valence-electron chi connectivity index (χ3n) is 3.49. The summed E-state index contributed by atoms with van der Waals surface area (Å²) in [5.74, 6) is 1.46. The van der Waals surface area contributed by atoms with Gasteiger partial charge in [0, 0.05) is 12.0 Å². The van der Waals surface area contributed by atoms with Crippen molar-refractivity contribution in [3.8, 4) is 0 Å². The van der Waals surface area contributed by atoms with E-state index in [-0.39, 0.29) is 11.5 Å². The Balaban J connectivity index is 1.83. The van der Waals surface area contributed by atoms with Crippen LogP contribution in [0.4, 0.5) is 0 Å². The molecular weight excluding hydrogens is 238 g/mol. The molecule has 1 aliphatic rings. The molecule has 1 aromatic heterocycles. The van der Waals surface area contributed by atoms with Gasteiger partial charge >= 0.3 is 0 Å². The second kappa shape index (κ2) is 4.46. The lowest BCUT2D eigenvalue weighted by Crippen LogP contribution is -2.28. The molecule has 4 nitrogen and oxygen atoms in total. The van der Waals surface area contributed by atoms with Crippen molar-refractivity contribution in [2.24, 2.45) is 0 Å². The predicted octanol–water partition coefficient (Wildman–Crippen LogP) is 2.75. The third-order valence-corrected chi connectivity index (χ3v) is 3.49. The van der Waals surface area contributed by atoms with Crippen molar-refractivity contribution in [3.63, 3.8) is 0 Å². The van der Waals surface area contributed by atoms with Crippen molar-refractivity contribution in [1.29, 1.82) is 0 Å². The maximum Gasteiger partial charge on any atom is 0.244 e. The summed E-state index contributed by atoms with van der Waals surface area (Å²) < 4.78 is 5.42. The lowest BCUT2D eigenvalue weighted by atomic mass is 9.95. The number of rotatable bonds is 1. The van der Waals surface area contributed by atoms with E-state index in [9.17, 15) is 0 Å². The van der Waals surface area contributed by atoms with Crippen LogP contribution in [0.15, 0.2) is 28.8 Å². The van der Waals surface area contributed by atoms with E-state index in [4.69, 9.17) is 4.52 Å². The van der Waals surface area contributed by atoms with E-state index >= 15 is 0 Å². The Bertz CT molecular complexity index is 583. The van der Waals surface area contributed by atoms with Crippen LogP contribution in [0.1, 0.15) is 49.7 Å². The normalized spacial score (nSPS) is 19.2. The van der Waals surface area contributed by atoms with Gasteiger partial charge in [0.25, 0.3) is 0 Å². The van der Waals surface area contributed by atoms with Gasteiger partial charge in [0.05, 0.1) is 6.04 Å². The second-order valence-corrected chi connectivity index (χ2v) is 6.11. The molecule has 2 heterocycles. The molecule has 3 rings (SSSR count). The summed E-state index contributed by atoms with van der Waals surface area (Å²) in [6.45, 7) is 7.12. The van der Waals surface area contributed by atoms with Crippen LogP contribution in [0, 0.1) is 0 Å². The average Bonchev–Trinajstić information content (AvgIpc) is 2.87. The third kappa shape index (κ3) is 2.40. The van der Waals surface area contributed by atoms with Crippen LogP contribution in [0.2, 0.25) is 0 Å². The second-order valence-electron chi connectivity index (χ2n) is 6.11. The maximum atomic E-state index is 5.42. The number of benzene rings is 1. The van der Waals surface area contributed by atoms with E-state index in [1.807, 2.05) is 0 Å². The summed E-state index contributed by atoms with van der Waals surface area (Å²) in [5.41, 5.74) is 2.64. The quantitative estimate of drug-likeness (QED) is 0.853. The first-order chi connectivity index (χ1) is 9.04. The molecule has 1 N–H and O–H groups in total. The Kier molecular flexibility index (Phi) is 2.90. The van der Waals surface area contributed by atoms with Crippen LogP contribution in [-0.2, 0) is 18.4 Å². The van der Waals surface area contributed by atoms with Gasteiger partial charge in [-0.05, 0) is 17.5 Å². The molecule has 0 radical (unpaired) electrons. The molecule has 0 spiro atoms. The minimum atomic E-state index is -0.0751. The van der Waals surface area contributed by atoms with Crippen molar-refractivity contribution in [3.05, 3.63) is 47.1 Å². The summed E-state index contributed by atoms with van der Waals surface area (Å²) in [6, 6.07) is 8.61. The molecule has 0 bridgehead atoms. The van der Waals surface area contributed by atoms with Gasteiger partial charge in [-0.2, -0.15) is 4.98 Å². The van der Waals surface area contributed by atoms with Crippen LogP contribution in [-0.4, -0.2) is 10.1 Å². The fourth-order valence-electron chi connectivity index (χ4n) is 2.31. The number of fused-ring (bicyclic) bond motifs is 1. The fraction of sp³-hybridized carbons (Fsp3) is 0.467. The minimum Gasteiger partial charge on any atom is -0.338 e. The molecule has 0 amide bonds. The first kappa shape index (κ1) is 12.4. The molecule has 1 aliphatic heterocycles. The van der Waals surface area contributed by atoms with Gasteiger partial charge in [-0.15, -0.1) is 0 Å². The Morgan fingerprint density at radius 3 is 2.63 bits per heavy atom. The Morgan fingerprint density at radius 1 is 1.21 bits per heavy atom. The van der Waals surface area contributed by atoms with Gasteiger partial charge in [-0.3, -0.25) is 0 Å². The van der Waals surface area contributed by atoms with E-state index in [2.05, 4.69) is 60.5 Å². The molecule has 19 heavy (non-hydrogen) atoms. The van der Waals surface area contributed by atoms with Crippen LogP contribution in [0.5, 0.6) is 0 Å². The van der Waals surface area contributed by atoms with Crippen LogP contribution in [0.25, 0.3) is 0 Å². The first-order valence-electron chi connectivity index (χ1n) is 6.68. The average molecular weight is 257 g/mol. The number of aromatic nitrogens is 2. The minimum absolute atomic E-state index is 0.0751. The largest absolute Gasteiger partial charge is 0.338 e. The Labute approximate surface area is 113 Å². The van der Waals surface area contributed by atoms with Gasteiger partial charge in [-0.25, -0.2) is 0 Å². The van der Waals surface area contributed by atoms with Gasteiger partial charge in [0.2, 0.25) is 5.89 Å². The van der Waals surface area contributed by atoms with E-state index < -0.39 is 0 Å². The van der Waals surface area contributed by atoms with E-state index in [1.54, 1.807) is 0 Å². The summed E-state index contributed by atoms with van der Waals surface area (Å²) >= 11 is 0. The summed E-state index contributed by atoms with van der Waals surface area (Å²) in [6.07, 6.45) is 0.905. The Morgan fingerprint density at radius 2 is 1.95 bits per heavy atom. The number of nitrogens with one attached hydrogen (secondary N) is 1. The van der Waals surface area contributed by atoms with Gasteiger partial charge < -0.3 is 9.84 Å². The predicted molar refractivity (Wildman–Crippen MR) is 72.7 cm³/mol. The van der Waals surface area contributed by atoms with Crippen molar-refractivity contribution in [1.82, 2.24) is 15.5 Å². The highest BCUT2D eigenvalue weighted by molar-refractivity contribution is 5.30. The first-order valence-corrected chi connectivity index (χ1v) is 6.68. The SMILES string of the molecule is CC(C)(C)c1noc([C@H]2Cc3ccccc3CN2)n1. The smallest absolute Gasteiger partial charge is 0.244 e. The lowest BCUT2D eigenvalue weighted by Gasteiger charge is -2.23. The van der Waals surface area contributed by atoms with E-state index in [1.165, 1.54) is 11.1 Å². The van der Waals surface area contributed by atoms with Crippen LogP contribution < -0.4 is 5.32 Å². The summed E-state index contributed by atoms with van der Waals surface area (Å²) in [7, 11) is 0. The fourth-order valence-corrected chi connectivity index (χ4v) is 2.31.